The second-order valence-electron chi connectivity index (χ2n) is 3.58. The van der Waals surface area contributed by atoms with E-state index in [0.29, 0.717) is 11.5 Å². The van der Waals surface area contributed by atoms with Crippen LogP contribution in [0, 0.1) is 11.3 Å². The summed E-state index contributed by atoms with van der Waals surface area (Å²) in [6.07, 6.45) is 4.11. The highest BCUT2D eigenvalue weighted by Crippen LogP contribution is 2.38. The maximum Gasteiger partial charge on any atom is 0.155 e. The minimum absolute atomic E-state index is 0.556. The number of nitriles is 1. The predicted octanol–water partition coefficient (Wildman–Crippen LogP) is 1.48. The highest BCUT2D eigenvalue weighted by molar-refractivity contribution is 5.42. The van der Waals surface area contributed by atoms with Crippen molar-refractivity contribution in [3.63, 3.8) is 0 Å². The van der Waals surface area contributed by atoms with Gasteiger partial charge in [0.1, 0.15) is 6.07 Å². The van der Waals surface area contributed by atoms with Gasteiger partial charge in [-0.05, 0) is 25.0 Å². The van der Waals surface area contributed by atoms with Gasteiger partial charge in [-0.25, -0.2) is 9.50 Å². The van der Waals surface area contributed by atoms with Gasteiger partial charge in [0.2, 0.25) is 0 Å². The Balaban J connectivity index is 2.18. The van der Waals surface area contributed by atoms with Gasteiger partial charge in [-0.3, -0.25) is 0 Å². The number of pyridine rings is 1. The van der Waals surface area contributed by atoms with Gasteiger partial charge in [-0.1, -0.05) is 0 Å². The number of aromatic nitrogens is 3. The molecular formula is C10H8N4. The quantitative estimate of drug-likeness (QED) is 0.674. The standard InChI is InChI=1S/C10H8N4/c11-5-7-1-4-9-12-10(8-2-3-8)13-14(9)6-7/h1,4,6,8H,2-3H2. The fourth-order valence-electron chi connectivity index (χ4n) is 1.48. The average molecular weight is 184 g/mol. The van der Waals surface area contributed by atoms with Crippen molar-refractivity contribution in [1.82, 2.24) is 14.6 Å². The van der Waals surface area contributed by atoms with E-state index in [1.807, 2.05) is 6.07 Å². The van der Waals surface area contributed by atoms with Gasteiger partial charge in [-0.2, -0.15) is 10.4 Å². The summed E-state index contributed by atoms with van der Waals surface area (Å²) in [6, 6.07) is 5.68. The highest BCUT2D eigenvalue weighted by Gasteiger charge is 2.27. The van der Waals surface area contributed by atoms with Crippen molar-refractivity contribution in [2.75, 3.05) is 0 Å². The Hall–Kier alpha value is -1.89. The van der Waals surface area contributed by atoms with Gasteiger partial charge >= 0.3 is 0 Å². The SMILES string of the molecule is N#Cc1ccc2nc(C3CC3)nn2c1. The number of hydrogen-bond acceptors (Lipinski definition) is 3. The van der Waals surface area contributed by atoms with Crippen molar-refractivity contribution in [2.45, 2.75) is 18.8 Å². The van der Waals surface area contributed by atoms with Gasteiger partial charge in [0.25, 0.3) is 0 Å². The van der Waals surface area contributed by atoms with Gasteiger partial charge in [0, 0.05) is 12.1 Å². The first kappa shape index (κ1) is 7.51. The maximum absolute atomic E-state index is 8.71. The summed E-state index contributed by atoms with van der Waals surface area (Å²) >= 11 is 0. The van der Waals surface area contributed by atoms with E-state index in [-0.39, 0.29) is 0 Å². The monoisotopic (exact) mass is 184 g/mol. The normalized spacial score (nSPS) is 15.6. The van der Waals surface area contributed by atoms with Crippen LogP contribution < -0.4 is 0 Å². The summed E-state index contributed by atoms with van der Waals surface area (Å²) in [4.78, 5) is 4.39. The molecule has 0 saturated heterocycles. The van der Waals surface area contributed by atoms with Crippen molar-refractivity contribution in [1.29, 1.82) is 5.26 Å². The van der Waals surface area contributed by atoms with Crippen LogP contribution in [0.15, 0.2) is 18.3 Å². The van der Waals surface area contributed by atoms with Crippen molar-refractivity contribution >= 4 is 5.65 Å². The van der Waals surface area contributed by atoms with E-state index in [4.69, 9.17) is 5.26 Å². The van der Waals surface area contributed by atoms with Gasteiger partial charge in [-0.15, -0.1) is 0 Å². The Bertz CT molecular complexity index is 531. The summed E-state index contributed by atoms with van der Waals surface area (Å²) in [5.74, 6) is 1.47. The van der Waals surface area contributed by atoms with E-state index in [1.54, 1.807) is 16.8 Å². The third kappa shape index (κ3) is 1.06. The number of fused-ring (bicyclic) bond motifs is 1. The summed E-state index contributed by atoms with van der Waals surface area (Å²) in [5, 5.41) is 13.1. The molecule has 68 valence electrons. The number of hydrogen-bond donors (Lipinski definition) is 0. The molecule has 4 heteroatoms. The highest BCUT2D eigenvalue weighted by atomic mass is 15.3. The first-order valence-corrected chi connectivity index (χ1v) is 4.63. The van der Waals surface area contributed by atoms with Crippen LogP contribution in [0.1, 0.15) is 30.1 Å². The minimum Gasteiger partial charge on any atom is -0.220 e. The molecular weight excluding hydrogens is 176 g/mol. The van der Waals surface area contributed by atoms with E-state index in [2.05, 4.69) is 16.2 Å². The first-order chi connectivity index (χ1) is 6.86. The third-order valence-corrected chi connectivity index (χ3v) is 2.42. The zero-order valence-corrected chi connectivity index (χ0v) is 7.51. The van der Waals surface area contributed by atoms with E-state index in [1.165, 1.54) is 12.8 Å². The fraction of sp³-hybridized carbons (Fsp3) is 0.300. The maximum atomic E-state index is 8.71. The molecule has 14 heavy (non-hydrogen) atoms. The average Bonchev–Trinajstić information content (AvgIpc) is 2.97. The summed E-state index contributed by atoms with van der Waals surface area (Å²) in [7, 11) is 0. The molecule has 0 amide bonds. The number of nitrogens with zero attached hydrogens (tertiary/aromatic N) is 4. The van der Waals surface area contributed by atoms with Crippen LogP contribution >= 0.6 is 0 Å². The molecule has 0 radical (unpaired) electrons. The fourth-order valence-corrected chi connectivity index (χ4v) is 1.48. The molecule has 0 atom stereocenters. The second kappa shape index (κ2) is 2.55. The van der Waals surface area contributed by atoms with E-state index >= 15 is 0 Å². The van der Waals surface area contributed by atoms with Crippen LogP contribution in [0.5, 0.6) is 0 Å². The summed E-state index contributed by atoms with van der Waals surface area (Å²) < 4.78 is 1.69. The third-order valence-electron chi connectivity index (χ3n) is 2.42. The first-order valence-electron chi connectivity index (χ1n) is 4.63. The molecule has 0 aromatic carbocycles. The van der Waals surface area contributed by atoms with Crippen LogP contribution in [0.2, 0.25) is 0 Å². The molecule has 0 spiro atoms. The molecule has 1 aliphatic rings. The van der Waals surface area contributed by atoms with Crippen LogP contribution in [0.25, 0.3) is 5.65 Å². The molecule has 0 bridgehead atoms. The largest absolute Gasteiger partial charge is 0.220 e. The molecule has 3 rings (SSSR count). The summed E-state index contributed by atoms with van der Waals surface area (Å²) in [5.41, 5.74) is 1.44. The molecule has 4 nitrogen and oxygen atoms in total. The van der Waals surface area contributed by atoms with Crippen molar-refractivity contribution in [2.24, 2.45) is 0 Å². The van der Waals surface area contributed by atoms with Crippen LogP contribution in [-0.2, 0) is 0 Å². The van der Waals surface area contributed by atoms with Crippen molar-refractivity contribution in [3.05, 3.63) is 29.7 Å². The van der Waals surface area contributed by atoms with Crippen LogP contribution in [-0.4, -0.2) is 14.6 Å². The molecule has 1 aliphatic carbocycles. The number of rotatable bonds is 1. The molecule has 0 N–H and O–H groups in total. The topological polar surface area (TPSA) is 54.0 Å². The Morgan fingerprint density at radius 1 is 1.43 bits per heavy atom. The van der Waals surface area contributed by atoms with Crippen LogP contribution in [0.3, 0.4) is 0 Å². The van der Waals surface area contributed by atoms with E-state index in [0.717, 1.165) is 11.5 Å². The molecule has 1 fully saturated rings. The van der Waals surface area contributed by atoms with Gasteiger partial charge in [0.15, 0.2) is 11.5 Å². The zero-order valence-electron chi connectivity index (χ0n) is 7.51. The molecule has 0 aliphatic heterocycles. The molecule has 0 unspecified atom stereocenters. The van der Waals surface area contributed by atoms with Crippen LogP contribution in [0.4, 0.5) is 0 Å². The Labute approximate surface area is 80.8 Å². The summed E-state index contributed by atoms with van der Waals surface area (Å²) in [6.45, 7) is 0. The second-order valence-corrected chi connectivity index (χ2v) is 3.58. The van der Waals surface area contributed by atoms with Crippen molar-refractivity contribution in [3.8, 4) is 6.07 Å². The zero-order chi connectivity index (χ0) is 9.54. The molecule has 2 aromatic rings. The van der Waals surface area contributed by atoms with E-state index < -0.39 is 0 Å². The van der Waals surface area contributed by atoms with Gasteiger partial charge < -0.3 is 0 Å². The van der Waals surface area contributed by atoms with E-state index in [9.17, 15) is 0 Å². The molecule has 2 aromatic heterocycles. The lowest BCUT2D eigenvalue weighted by Crippen LogP contribution is -1.88. The van der Waals surface area contributed by atoms with Gasteiger partial charge in [0.05, 0.1) is 5.56 Å². The minimum atomic E-state index is 0.556. The lowest BCUT2D eigenvalue weighted by atomic mass is 10.3. The molecule has 1 saturated carbocycles. The Morgan fingerprint density at radius 3 is 3.00 bits per heavy atom. The van der Waals surface area contributed by atoms with Crippen molar-refractivity contribution < 1.29 is 0 Å². The Morgan fingerprint density at radius 2 is 2.29 bits per heavy atom. The lowest BCUT2D eigenvalue weighted by molar-refractivity contribution is 0.876. The predicted molar refractivity (Wildman–Crippen MR) is 49.7 cm³/mol. The molecule has 2 heterocycles. The lowest BCUT2D eigenvalue weighted by Gasteiger charge is -1.89. The smallest absolute Gasteiger partial charge is 0.155 e. The Kier molecular flexibility index (Phi) is 1.37.